The first-order valence-corrected chi connectivity index (χ1v) is 8.29. The Morgan fingerprint density at radius 3 is 2.76 bits per heavy atom. The van der Waals surface area contributed by atoms with Gasteiger partial charge in [0.1, 0.15) is 0 Å². The van der Waals surface area contributed by atoms with Gasteiger partial charge in [0, 0.05) is 24.3 Å². The lowest BCUT2D eigenvalue weighted by Gasteiger charge is -2.15. The molecule has 21 heavy (non-hydrogen) atoms. The van der Waals surface area contributed by atoms with Gasteiger partial charge in [0.25, 0.3) is 0 Å². The van der Waals surface area contributed by atoms with Crippen LogP contribution in [0, 0.1) is 0 Å². The van der Waals surface area contributed by atoms with Gasteiger partial charge in [-0.2, -0.15) is 5.10 Å². The minimum absolute atomic E-state index is 0.295. The first-order chi connectivity index (χ1) is 9.97. The van der Waals surface area contributed by atoms with Crippen LogP contribution in [0.5, 0.6) is 0 Å². The summed E-state index contributed by atoms with van der Waals surface area (Å²) in [5, 5.41) is 6.51. The Bertz CT molecular complexity index is 696. The molecule has 2 aromatic rings. The zero-order valence-electron chi connectivity index (χ0n) is 12.1. The van der Waals surface area contributed by atoms with Gasteiger partial charge in [0.15, 0.2) is 0 Å². The normalized spacial score (nSPS) is 13.3. The van der Waals surface area contributed by atoms with Crippen LogP contribution < -0.4 is 10.5 Å². The van der Waals surface area contributed by atoms with Crippen molar-refractivity contribution >= 4 is 10.0 Å². The third-order valence-electron chi connectivity index (χ3n) is 3.39. The minimum Gasteiger partial charge on any atom is -0.326 e. The Kier molecular flexibility index (Phi) is 4.76. The summed E-state index contributed by atoms with van der Waals surface area (Å²) in [6.45, 7) is 4.01. The summed E-state index contributed by atoms with van der Waals surface area (Å²) in [5.74, 6) is 0. The summed E-state index contributed by atoms with van der Waals surface area (Å²) in [6.07, 6.45) is 3.91. The molecule has 1 unspecified atom stereocenters. The molecule has 7 heteroatoms. The fourth-order valence-electron chi connectivity index (χ4n) is 2.13. The van der Waals surface area contributed by atoms with E-state index in [0.717, 1.165) is 16.7 Å². The molecule has 0 radical (unpaired) electrons. The highest BCUT2D eigenvalue weighted by Gasteiger charge is 2.21. The predicted molar refractivity (Wildman–Crippen MR) is 81.0 cm³/mol. The zero-order chi connectivity index (χ0) is 15.5. The first kappa shape index (κ1) is 15.7. The van der Waals surface area contributed by atoms with Gasteiger partial charge >= 0.3 is 0 Å². The van der Waals surface area contributed by atoms with E-state index in [-0.39, 0.29) is 6.04 Å². The maximum atomic E-state index is 12.6. The molecule has 4 N–H and O–H groups in total. The third kappa shape index (κ3) is 3.49. The number of hydrogen-bond donors (Lipinski definition) is 3. The van der Waals surface area contributed by atoms with Crippen molar-refractivity contribution in [3.8, 4) is 0 Å². The van der Waals surface area contributed by atoms with Crippen molar-refractivity contribution in [2.45, 2.75) is 37.8 Å². The van der Waals surface area contributed by atoms with Gasteiger partial charge in [0.2, 0.25) is 10.0 Å². The Morgan fingerprint density at radius 1 is 1.43 bits per heavy atom. The SMILES string of the molecule is CCc1ccc(CN)cc1S(=O)(=O)NC(C)c1cn[nH]c1. The van der Waals surface area contributed by atoms with E-state index in [1.165, 1.54) is 0 Å². The van der Waals surface area contributed by atoms with Gasteiger partial charge < -0.3 is 5.73 Å². The lowest BCUT2D eigenvalue weighted by molar-refractivity contribution is 0.565. The molecular formula is C14H20N4O2S. The standard InChI is InChI=1S/C14H20N4O2S/c1-3-12-5-4-11(7-15)6-14(12)21(19,20)18-10(2)13-8-16-17-9-13/h4-6,8-10,18H,3,7,15H2,1-2H3,(H,16,17). The Hall–Kier alpha value is -1.70. The average Bonchev–Trinajstić information content (AvgIpc) is 3.00. The molecule has 0 saturated heterocycles. The van der Waals surface area contributed by atoms with Crippen LogP contribution in [-0.2, 0) is 23.0 Å². The fourth-order valence-corrected chi connectivity index (χ4v) is 3.72. The molecule has 0 aliphatic rings. The number of nitrogens with zero attached hydrogens (tertiary/aromatic N) is 1. The molecule has 0 aliphatic heterocycles. The highest BCUT2D eigenvalue weighted by Crippen LogP contribution is 2.21. The molecule has 2 rings (SSSR count). The molecule has 0 saturated carbocycles. The molecule has 6 nitrogen and oxygen atoms in total. The number of benzene rings is 1. The summed E-state index contributed by atoms with van der Waals surface area (Å²) < 4.78 is 27.9. The fraction of sp³-hybridized carbons (Fsp3) is 0.357. The van der Waals surface area contributed by atoms with Crippen molar-refractivity contribution in [1.29, 1.82) is 0 Å². The van der Waals surface area contributed by atoms with Gasteiger partial charge in [-0.25, -0.2) is 13.1 Å². The van der Waals surface area contributed by atoms with E-state index >= 15 is 0 Å². The second-order valence-corrected chi connectivity index (χ2v) is 6.56. The van der Waals surface area contributed by atoms with E-state index in [1.54, 1.807) is 25.4 Å². The van der Waals surface area contributed by atoms with E-state index in [9.17, 15) is 8.42 Å². The molecule has 114 valence electrons. The smallest absolute Gasteiger partial charge is 0.241 e. The Morgan fingerprint density at radius 2 is 2.19 bits per heavy atom. The van der Waals surface area contributed by atoms with Gasteiger partial charge in [-0.1, -0.05) is 19.1 Å². The van der Waals surface area contributed by atoms with Crippen LogP contribution in [0.1, 0.15) is 36.6 Å². The highest BCUT2D eigenvalue weighted by molar-refractivity contribution is 7.89. The maximum absolute atomic E-state index is 12.6. The van der Waals surface area contributed by atoms with E-state index in [2.05, 4.69) is 14.9 Å². The zero-order valence-corrected chi connectivity index (χ0v) is 12.9. The van der Waals surface area contributed by atoms with Crippen LogP contribution in [-0.4, -0.2) is 18.6 Å². The third-order valence-corrected chi connectivity index (χ3v) is 5.01. The number of aryl methyl sites for hydroxylation is 1. The van der Waals surface area contributed by atoms with E-state index in [4.69, 9.17) is 5.73 Å². The van der Waals surface area contributed by atoms with E-state index in [0.29, 0.717) is 17.9 Å². The van der Waals surface area contributed by atoms with Gasteiger partial charge in [-0.15, -0.1) is 0 Å². The summed E-state index contributed by atoms with van der Waals surface area (Å²) >= 11 is 0. The second-order valence-electron chi connectivity index (χ2n) is 4.87. The second kappa shape index (κ2) is 6.38. The summed E-state index contributed by atoms with van der Waals surface area (Å²) in [7, 11) is -3.61. The number of nitrogens with one attached hydrogen (secondary N) is 2. The van der Waals surface area contributed by atoms with Crippen molar-refractivity contribution in [1.82, 2.24) is 14.9 Å². The monoisotopic (exact) mass is 308 g/mol. The maximum Gasteiger partial charge on any atom is 0.241 e. The van der Waals surface area contributed by atoms with Crippen molar-refractivity contribution in [2.75, 3.05) is 0 Å². The summed E-state index contributed by atoms with van der Waals surface area (Å²) in [4.78, 5) is 0.295. The molecule has 1 aromatic heterocycles. The van der Waals surface area contributed by atoms with Crippen molar-refractivity contribution < 1.29 is 8.42 Å². The molecule has 0 spiro atoms. The molecule has 1 aromatic carbocycles. The Labute approximate surface area is 124 Å². The number of nitrogens with two attached hydrogens (primary N) is 1. The van der Waals surface area contributed by atoms with Gasteiger partial charge in [0.05, 0.1) is 11.1 Å². The van der Waals surface area contributed by atoms with Crippen LogP contribution >= 0.6 is 0 Å². The quantitative estimate of drug-likeness (QED) is 0.752. The number of sulfonamides is 1. The number of rotatable bonds is 6. The van der Waals surface area contributed by atoms with Gasteiger partial charge in [-0.05, 0) is 30.5 Å². The van der Waals surface area contributed by atoms with Crippen LogP contribution in [0.2, 0.25) is 0 Å². The molecule has 1 atom stereocenters. The summed E-state index contributed by atoms with van der Waals surface area (Å²) in [5.41, 5.74) is 7.96. The number of aromatic amines is 1. The van der Waals surface area contributed by atoms with Crippen LogP contribution in [0.25, 0.3) is 0 Å². The lowest BCUT2D eigenvalue weighted by atomic mass is 10.1. The minimum atomic E-state index is -3.61. The van der Waals surface area contributed by atoms with E-state index < -0.39 is 10.0 Å². The number of hydrogen-bond acceptors (Lipinski definition) is 4. The topological polar surface area (TPSA) is 101 Å². The Balaban J connectivity index is 2.34. The van der Waals surface area contributed by atoms with Crippen molar-refractivity contribution in [3.05, 3.63) is 47.3 Å². The van der Waals surface area contributed by atoms with Crippen LogP contribution in [0.4, 0.5) is 0 Å². The molecule has 0 amide bonds. The molecule has 0 aliphatic carbocycles. The molecule has 0 fully saturated rings. The molecular weight excluding hydrogens is 288 g/mol. The average molecular weight is 308 g/mol. The van der Waals surface area contributed by atoms with Crippen LogP contribution in [0.15, 0.2) is 35.5 Å². The number of H-pyrrole nitrogens is 1. The van der Waals surface area contributed by atoms with Crippen molar-refractivity contribution in [3.63, 3.8) is 0 Å². The number of aromatic nitrogens is 2. The van der Waals surface area contributed by atoms with Gasteiger partial charge in [-0.3, -0.25) is 5.10 Å². The van der Waals surface area contributed by atoms with Crippen LogP contribution in [0.3, 0.4) is 0 Å². The molecule has 1 heterocycles. The van der Waals surface area contributed by atoms with E-state index in [1.807, 2.05) is 19.1 Å². The first-order valence-electron chi connectivity index (χ1n) is 6.80. The largest absolute Gasteiger partial charge is 0.326 e. The summed E-state index contributed by atoms with van der Waals surface area (Å²) in [6, 6.07) is 4.96. The molecule has 0 bridgehead atoms. The lowest BCUT2D eigenvalue weighted by Crippen LogP contribution is -2.27. The highest BCUT2D eigenvalue weighted by atomic mass is 32.2. The van der Waals surface area contributed by atoms with Crippen molar-refractivity contribution in [2.24, 2.45) is 5.73 Å². The predicted octanol–water partition coefficient (Wildman–Crippen LogP) is 1.47.